The zero-order valence-corrected chi connectivity index (χ0v) is 11.3. The SMILES string of the molecule is CCC(C)(O)COc1c(C)cc(C(=O)O)cc1C. The normalized spacial score (nSPS) is 14.1. The van der Waals surface area contributed by atoms with Crippen molar-refractivity contribution in [3.05, 3.63) is 28.8 Å². The molecule has 2 N–H and O–H groups in total. The molecular weight excluding hydrogens is 232 g/mol. The fourth-order valence-electron chi connectivity index (χ4n) is 1.63. The van der Waals surface area contributed by atoms with Crippen molar-refractivity contribution in [1.29, 1.82) is 0 Å². The van der Waals surface area contributed by atoms with Gasteiger partial charge in [0.05, 0.1) is 11.2 Å². The first-order valence-electron chi connectivity index (χ1n) is 5.96. The third-order valence-electron chi connectivity index (χ3n) is 3.00. The van der Waals surface area contributed by atoms with Crippen LogP contribution in [0.1, 0.15) is 41.8 Å². The molecule has 1 unspecified atom stereocenters. The zero-order valence-electron chi connectivity index (χ0n) is 11.3. The van der Waals surface area contributed by atoms with Gasteiger partial charge in [0.2, 0.25) is 0 Å². The van der Waals surface area contributed by atoms with Crippen LogP contribution in [-0.2, 0) is 0 Å². The number of carboxylic acids is 1. The Morgan fingerprint density at radius 3 is 2.22 bits per heavy atom. The number of hydrogen-bond donors (Lipinski definition) is 2. The molecule has 0 saturated heterocycles. The third kappa shape index (κ3) is 3.47. The van der Waals surface area contributed by atoms with E-state index in [0.29, 0.717) is 12.2 Å². The summed E-state index contributed by atoms with van der Waals surface area (Å²) in [6.45, 7) is 7.39. The minimum Gasteiger partial charge on any atom is -0.490 e. The Hall–Kier alpha value is -1.55. The van der Waals surface area contributed by atoms with E-state index in [1.165, 1.54) is 0 Å². The first kappa shape index (κ1) is 14.5. The van der Waals surface area contributed by atoms with Crippen LogP contribution in [0, 0.1) is 13.8 Å². The van der Waals surface area contributed by atoms with E-state index >= 15 is 0 Å². The highest BCUT2D eigenvalue weighted by Gasteiger charge is 2.20. The molecule has 0 aromatic heterocycles. The fraction of sp³-hybridized carbons (Fsp3) is 0.500. The molecule has 0 aliphatic carbocycles. The predicted octanol–water partition coefficient (Wildman–Crippen LogP) is 2.54. The molecule has 1 atom stereocenters. The van der Waals surface area contributed by atoms with Gasteiger partial charge < -0.3 is 14.9 Å². The molecule has 0 bridgehead atoms. The molecule has 0 fully saturated rings. The summed E-state index contributed by atoms with van der Waals surface area (Å²) in [6, 6.07) is 3.15. The quantitative estimate of drug-likeness (QED) is 0.845. The predicted molar refractivity (Wildman–Crippen MR) is 69.3 cm³/mol. The summed E-state index contributed by atoms with van der Waals surface area (Å²) < 4.78 is 5.62. The van der Waals surface area contributed by atoms with E-state index in [-0.39, 0.29) is 12.2 Å². The second-order valence-electron chi connectivity index (χ2n) is 4.88. The number of aryl methyl sites for hydroxylation is 2. The molecule has 1 rings (SSSR count). The maximum atomic E-state index is 10.9. The molecule has 4 heteroatoms. The summed E-state index contributed by atoms with van der Waals surface area (Å²) in [4.78, 5) is 10.9. The first-order valence-corrected chi connectivity index (χ1v) is 5.96. The number of ether oxygens (including phenoxy) is 1. The van der Waals surface area contributed by atoms with Gasteiger partial charge >= 0.3 is 5.97 Å². The summed E-state index contributed by atoms with van der Waals surface area (Å²) in [5.41, 5.74) is 0.905. The largest absolute Gasteiger partial charge is 0.490 e. The van der Waals surface area contributed by atoms with Crippen LogP contribution in [0.3, 0.4) is 0 Å². The summed E-state index contributed by atoms with van der Waals surface area (Å²) in [5.74, 6) is -0.304. The number of carbonyl (C=O) groups is 1. The Labute approximate surface area is 107 Å². The molecule has 0 aliphatic heterocycles. The Morgan fingerprint density at radius 1 is 1.33 bits per heavy atom. The summed E-state index contributed by atoms with van der Waals surface area (Å²) in [5, 5.41) is 18.8. The van der Waals surface area contributed by atoms with E-state index in [4.69, 9.17) is 9.84 Å². The van der Waals surface area contributed by atoms with Crippen molar-refractivity contribution in [3.8, 4) is 5.75 Å². The second-order valence-corrected chi connectivity index (χ2v) is 4.88. The number of carboxylic acid groups (broad SMARTS) is 1. The van der Waals surface area contributed by atoms with Crippen molar-refractivity contribution in [2.45, 2.75) is 39.7 Å². The molecule has 18 heavy (non-hydrogen) atoms. The van der Waals surface area contributed by atoms with E-state index in [2.05, 4.69) is 0 Å². The summed E-state index contributed by atoms with van der Waals surface area (Å²) in [7, 11) is 0. The lowest BCUT2D eigenvalue weighted by Crippen LogP contribution is -2.31. The highest BCUT2D eigenvalue weighted by atomic mass is 16.5. The smallest absolute Gasteiger partial charge is 0.335 e. The van der Waals surface area contributed by atoms with Gasteiger partial charge in [0.1, 0.15) is 12.4 Å². The highest BCUT2D eigenvalue weighted by Crippen LogP contribution is 2.26. The van der Waals surface area contributed by atoms with Crippen LogP contribution >= 0.6 is 0 Å². The summed E-state index contributed by atoms with van der Waals surface area (Å²) >= 11 is 0. The van der Waals surface area contributed by atoms with Gasteiger partial charge in [0.15, 0.2) is 0 Å². The maximum absolute atomic E-state index is 10.9. The second kappa shape index (κ2) is 5.40. The summed E-state index contributed by atoms with van der Waals surface area (Å²) in [6.07, 6.45) is 0.596. The van der Waals surface area contributed by atoms with Crippen LogP contribution in [0.25, 0.3) is 0 Å². The van der Waals surface area contributed by atoms with Crippen molar-refractivity contribution in [2.75, 3.05) is 6.61 Å². The van der Waals surface area contributed by atoms with Crippen LogP contribution < -0.4 is 4.74 Å². The Bertz CT molecular complexity index is 426. The molecule has 0 amide bonds. The van der Waals surface area contributed by atoms with E-state index in [9.17, 15) is 9.90 Å². The number of hydrogen-bond acceptors (Lipinski definition) is 3. The van der Waals surface area contributed by atoms with Crippen molar-refractivity contribution >= 4 is 5.97 Å². The van der Waals surface area contributed by atoms with Crippen LogP contribution in [-0.4, -0.2) is 28.4 Å². The molecule has 1 aromatic carbocycles. The van der Waals surface area contributed by atoms with Crippen molar-refractivity contribution in [1.82, 2.24) is 0 Å². The Kier molecular flexibility index (Phi) is 4.35. The van der Waals surface area contributed by atoms with E-state index < -0.39 is 11.6 Å². The topological polar surface area (TPSA) is 66.8 Å². The number of benzene rings is 1. The molecule has 0 spiro atoms. The van der Waals surface area contributed by atoms with Crippen LogP contribution in [0.15, 0.2) is 12.1 Å². The lowest BCUT2D eigenvalue weighted by molar-refractivity contribution is 0.00805. The number of aliphatic hydroxyl groups is 1. The van der Waals surface area contributed by atoms with Crippen molar-refractivity contribution < 1.29 is 19.7 Å². The highest BCUT2D eigenvalue weighted by molar-refractivity contribution is 5.88. The molecule has 0 radical (unpaired) electrons. The molecule has 100 valence electrons. The molecule has 4 nitrogen and oxygen atoms in total. The lowest BCUT2D eigenvalue weighted by Gasteiger charge is -2.23. The Balaban J connectivity index is 2.94. The molecular formula is C14H20O4. The molecule has 0 heterocycles. The molecule has 0 saturated carbocycles. The van der Waals surface area contributed by atoms with Crippen molar-refractivity contribution in [2.24, 2.45) is 0 Å². The van der Waals surface area contributed by atoms with Gasteiger partial charge in [-0.3, -0.25) is 0 Å². The van der Waals surface area contributed by atoms with Gasteiger partial charge in [-0.05, 0) is 50.5 Å². The minimum absolute atomic E-state index is 0.192. The van der Waals surface area contributed by atoms with Gasteiger partial charge in [-0.25, -0.2) is 4.79 Å². The first-order chi connectivity index (χ1) is 8.26. The van der Waals surface area contributed by atoms with Gasteiger partial charge in [-0.15, -0.1) is 0 Å². The van der Waals surface area contributed by atoms with Gasteiger partial charge in [-0.2, -0.15) is 0 Å². The van der Waals surface area contributed by atoms with E-state index in [1.54, 1.807) is 32.9 Å². The van der Waals surface area contributed by atoms with Crippen LogP contribution in [0.5, 0.6) is 5.75 Å². The zero-order chi connectivity index (χ0) is 13.9. The monoisotopic (exact) mass is 252 g/mol. The lowest BCUT2D eigenvalue weighted by atomic mass is 10.0. The van der Waals surface area contributed by atoms with Gasteiger partial charge in [0.25, 0.3) is 0 Å². The van der Waals surface area contributed by atoms with Crippen LogP contribution in [0.4, 0.5) is 0 Å². The van der Waals surface area contributed by atoms with E-state index in [0.717, 1.165) is 11.1 Å². The minimum atomic E-state index is -0.951. The van der Waals surface area contributed by atoms with E-state index in [1.807, 2.05) is 6.92 Å². The fourth-order valence-corrected chi connectivity index (χ4v) is 1.63. The third-order valence-corrected chi connectivity index (χ3v) is 3.00. The molecule has 1 aromatic rings. The maximum Gasteiger partial charge on any atom is 0.335 e. The standard InChI is InChI=1S/C14H20O4/c1-5-14(4,17)8-18-12-9(2)6-11(13(15)16)7-10(12)3/h6-7,17H,5,8H2,1-4H3,(H,15,16). The average Bonchev–Trinajstić information content (AvgIpc) is 2.27. The van der Waals surface area contributed by atoms with Crippen molar-refractivity contribution in [3.63, 3.8) is 0 Å². The van der Waals surface area contributed by atoms with Gasteiger partial charge in [0, 0.05) is 0 Å². The number of aromatic carboxylic acids is 1. The van der Waals surface area contributed by atoms with Crippen LogP contribution in [0.2, 0.25) is 0 Å². The van der Waals surface area contributed by atoms with Gasteiger partial charge in [-0.1, -0.05) is 6.92 Å². The average molecular weight is 252 g/mol. The molecule has 0 aliphatic rings. The number of rotatable bonds is 5. The Morgan fingerprint density at radius 2 is 1.83 bits per heavy atom.